The molecule has 1 aromatic heterocycles. The molecule has 0 bridgehead atoms. The Morgan fingerprint density at radius 3 is 2.27 bits per heavy atom. The van der Waals surface area contributed by atoms with Gasteiger partial charge in [0.1, 0.15) is 17.5 Å². The van der Waals surface area contributed by atoms with Crippen LogP contribution in [0.4, 0.5) is 0 Å². The fourth-order valence-electron chi connectivity index (χ4n) is 3.29. The lowest BCUT2D eigenvalue weighted by molar-refractivity contribution is 0.265. The first-order valence-electron chi connectivity index (χ1n) is 8.98. The first-order valence-corrected chi connectivity index (χ1v) is 9.79. The summed E-state index contributed by atoms with van der Waals surface area (Å²) in [7, 11) is 0. The van der Waals surface area contributed by atoms with Crippen LogP contribution >= 0.6 is 11.8 Å². The number of aryl methyl sites for hydroxylation is 2. The highest BCUT2D eigenvalue weighted by Crippen LogP contribution is 2.35. The normalized spacial score (nSPS) is 11.3. The molecule has 0 amide bonds. The number of aromatic nitrogens is 2. The monoisotopic (exact) mass is 366 g/mol. The number of nitrogens with zero attached hydrogens (tertiary/aromatic N) is 2. The lowest BCUT2D eigenvalue weighted by Gasteiger charge is -2.15. The van der Waals surface area contributed by atoms with Crippen LogP contribution in [0.3, 0.4) is 0 Å². The number of hydrogen-bond acceptors (Lipinski definition) is 3. The summed E-state index contributed by atoms with van der Waals surface area (Å²) >= 11 is 1.69. The van der Waals surface area contributed by atoms with E-state index in [1.54, 1.807) is 11.8 Å². The standard InChI is InChI=1S/C22H26N2OS/c1-15(2)21-22(26-19-11-16(3)10-17(4)12-19)23-20(14-25)24(21)13-18-8-6-5-7-9-18/h5-12,15,25H,13-14H2,1-4H3. The largest absolute Gasteiger partial charge is 0.388 e. The van der Waals surface area contributed by atoms with Gasteiger partial charge in [0.2, 0.25) is 0 Å². The van der Waals surface area contributed by atoms with Gasteiger partial charge in [-0.2, -0.15) is 0 Å². The third-order valence-corrected chi connectivity index (χ3v) is 5.30. The predicted molar refractivity (Wildman–Crippen MR) is 108 cm³/mol. The van der Waals surface area contributed by atoms with Gasteiger partial charge in [-0.25, -0.2) is 4.98 Å². The summed E-state index contributed by atoms with van der Waals surface area (Å²) < 4.78 is 2.17. The van der Waals surface area contributed by atoms with Crippen molar-refractivity contribution in [2.75, 3.05) is 0 Å². The van der Waals surface area contributed by atoms with Crippen molar-refractivity contribution in [3.05, 3.63) is 76.7 Å². The summed E-state index contributed by atoms with van der Waals surface area (Å²) in [6.07, 6.45) is 0. The van der Waals surface area contributed by atoms with Crippen molar-refractivity contribution in [2.45, 2.75) is 56.7 Å². The highest BCUT2D eigenvalue weighted by molar-refractivity contribution is 7.99. The van der Waals surface area contributed by atoms with Crippen molar-refractivity contribution in [2.24, 2.45) is 0 Å². The van der Waals surface area contributed by atoms with E-state index in [4.69, 9.17) is 4.98 Å². The van der Waals surface area contributed by atoms with E-state index in [0.29, 0.717) is 5.92 Å². The van der Waals surface area contributed by atoms with Crippen molar-refractivity contribution in [3.8, 4) is 0 Å². The summed E-state index contributed by atoms with van der Waals surface area (Å²) in [5.74, 6) is 1.05. The smallest absolute Gasteiger partial charge is 0.136 e. The molecule has 0 saturated carbocycles. The van der Waals surface area contributed by atoms with Gasteiger partial charge in [0, 0.05) is 11.4 Å². The number of imidazole rings is 1. The van der Waals surface area contributed by atoms with Gasteiger partial charge < -0.3 is 9.67 Å². The van der Waals surface area contributed by atoms with Gasteiger partial charge >= 0.3 is 0 Å². The van der Waals surface area contributed by atoms with E-state index in [2.05, 4.69) is 62.6 Å². The molecule has 0 unspecified atom stereocenters. The number of benzene rings is 2. The second kappa shape index (κ2) is 8.11. The average molecular weight is 367 g/mol. The molecule has 0 atom stereocenters. The van der Waals surface area contributed by atoms with Crippen LogP contribution in [-0.4, -0.2) is 14.7 Å². The van der Waals surface area contributed by atoms with E-state index in [0.717, 1.165) is 17.4 Å². The molecule has 0 aliphatic carbocycles. The molecule has 0 radical (unpaired) electrons. The molecule has 0 aliphatic rings. The molecule has 0 saturated heterocycles. The van der Waals surface area contributed by atoms with Gasteiger partial charge in [0.25, 0.3) is 0 Å². The molecular formula is C22H26N2OS. The van der Waals surface area contributed by atoms with Crippen LogP contribution in [0, 0.1) is 13.8 Å². The van der Waals surface area contributed by atoms with Crippen LogP contribution < -0.4 is 0 Å². The zero-order valence-corrected chi connectivity index (χ0v) is 16.7. The zero-order valence-electron chi connectivity index (χ0n) is 15.9. The highest BCUT2D eigenvalue weighted by atomic mass is 32.2. The SMILES string of the molecule is Cc1cc(C)cc(Sc2nc(CO)n(Cc3ccccc3)c2C(C)C)c1. The van der Waals surface area contributed by atoms with Crippen LogP contribution in [-0.2, 0) is 13.2 Å². The fourth-order valence-corrected chi connectivity index (χ4v) is 4.60. The minimum absolute atomic E-state index is 0.0556. The van der Waals surface area contributed by atoms with E-state index in [1.807, 2.05) is 18.2 Å². The molecule has 0 aliphatic heterocycles. The Hall–Kier alpha value is -2.04. The van der Waals surface area contributed by atoms with Crippen LogP contribution in [0.2, 0.25) is 0 Å². The number of rotatable bonds is 6. The Morgan fingerprint density at radius 2 is 1.69 bits per heavy atom. The third kappa shape index (κ3) is 4.19. The summed E-state index contributed by atoms with van der Waals surface area (Å²) in [4.78, 5) is 5.97. The van der Waals surface area contributed by atoms with Crippen LogP contribution in [0.5, 0.6) is 0 Å². The molecule has 3 aromatic rings. The molecular weight excluding hydrogens is 340 g/mol. The molecule has 0 fully saturated rings. The molecule has 3 rings (SSSR count). The van der Waals surface area contributed by atoms with Gasteiger partial charge in [0.15, 0.2) is 0 Å². The minimum Gasteiger partial charge on any atom is -0.388 e. The second-order valence-electron chi connectivity index (χ2n) is 7.03. The predicted octanol–water partition coefficient (Wildman–Crippen LogP) is 5.32. The first-order chi connectivity index (χ1) is 12.5. The van der Waals surface area contributed by atoms with Crippen LogP contribution in [0.25, 0.3) is 0 Å². The maximum absolute atomic E-state index is 9.88. The first kappa shape index (κ1) is 18.7. The van der Waals surface area contributed by atoms with Crippen molar-refractivity contribution in [1.82, 2.24) is 9.55 Å². The maximum atomic E-state index is 9.88. The zero-order chi connectivity index (χ0) is 18.7. The lowest BCUT2D eigenvalue weighted by atomic mass is 10.1. The molecule has 1 heterocycles. The molecule has 136 valence electrons. The van der Waals surface area contributed by atoms with Gasteiger partial charge in [-0.05, 0) is 48.6 Å². The lowest BCUT2D eigenvalue weighted by Crippen LogP contribution is -2.10. The molecule has 2 aromatic carbocycles. The van der Waals surface area contributed by atoms with Crippen molar-refractivity contribution in [3.63, 3.8) is 0 Å². The van der Waals surface area contributed by atoms with Crippen molar-refractivity contribution in [1.29, 1.82) is 0 Å². The highest BCUT2D eigenvalue weighted by Gasteiger charge is 2.20. The summed E-state index contributed by atoms with van der Waals surface area (Å²) in [6.45, 7) is 9.28. The van der Waals surface area contributed by atoms with Gasteiger partial charge in [0.05, 0.1) is 5.69 Å². The van der Waals surface area contributed by atoms with Crippen LogP contribution in [0.1, 0.15) is 48.0 Å². The summed E-state index contributed by atoms with van der Waals surface area (Å²) in [5, 5.41) is 10.9. The molecule has 1 N–H and O–H groups in total. The van der Waals surface area contributed by atoms with Crippen LogP contribution in [0.15, 0.2) is 58.5 Å². The molecule has 0 spiro atoms. The molecule has 3 nitrogen and oxygen atoms in total. The van der Waals surface area contributed by atoms with Crippen molar-refractivity contribution >= 4 is 11.8 Å². The van der Waals surface area contributed by atoms with Gasteiger partial charge in [-0.1, -0.05) is 62.0 Å². The van der Waals surface area contributed by atoms with E-state index in [-0.39, 0.29) is 6.61 Å². The summed E-state index contributed by atoms with van der Waals surface area (Å²) in [6, 6.07) is 16.9. The topological polar surface area (TPSA) is 38.1 Å². The molecule has 26 heavy (non-hydrogen) atoms. The number of aliphatic hydroxyl groups is 1. The van der Waals surface area contributed by atoms with Gasteiger partial charge in [-0.3, -0.25) is 0 Å². The summed E-state index contributed by atoms with van der Waals surface area (Å²) in [5.41, 5.74) is 4.90. The average Bonchev–Trinajstić information content (AvgIpc) is 2.92. The van der Waals surface area contributed by atoms with Crippen molar-refractivity contribution < 1.29 is 5.11 Å². The Bertz CT molecular complexity index is 864. The van der Waals surface area contributed by atoms with E-state index in [9.17, 15) is 5.11 Å². The van der Waals surface area contributed by atoms with E-state index in [1.165, 1.54) is 27.3 Å². The Kier molecular flexibility index (Phi) is 5.84. The fraction of sp³-hybridized carbons (Fsp3) is 0.318. The Labute approximate surface area is 160 Å². The van der Waals surface area contributed by atoms with E-state index < -0.39 is 0 Å². The molecule has 4 heteroatoms. The van der Waals surface area contributed by atoms with E-state index >= 15 is 0 Å². The number of hydrogen-bond donors (Lipinski definition) is 1. The van der Waals surface area contributed by atoms with Gasteiger partial charge in [-0.15, -0.1) is 0 Å². The maximum Gasteiger partial charge on any atom is 0.136 e. The Balaban J connectivity index is 2.02. The minimum atomic E-state index is -0.0556. The quantitative estimate of drug-likeness (QED) is 0.642. The number of aliphatic hydroxyl groups excluding tert-OH is 1. The third-order valence-electron chi connectivity index (χ3n) is 4.33. The second-order valence-corrected chi connectivity index (χ2v) is 8.09. The Morgan fingerprint density at radius 1 is 1.04 bits per heavy atom.